The number of aryl methyl sites for hydroxylation is 1. The first-order valence-electron chi connectivity index (χ1n) is 11.7. The molecule has 1 amide bonds. The summed E-state index contributed by atoms with van der Waals surface area (Å²) in [6.45, 7) is 15.2. The van der Waals surface area contributed by atoms with Gasteiger partial charge in [-0.25, -0.2) is 0 Å². The van der Waals surface area contributed by atoms with Crippen LogP contribution in [0.15, 0.2) is 18.2 Å². The summed E-state index contributed by atoms with van der Waals surface area (Å²) >= 11 is 0. The summed E-state index contributed by atoms with van der Waals surface area (Å²) < 4.78 is 9.88. The van der Waals surface area contributed by atoms with Gasteiger partial charge in [0.2, 0.25) is 5.91 Å². The number of hydrogen-bond acceptors (Lipinski definition) is 6. The van der Waals surface area contributed by atoms with E-state index >= 15 is 0 Å². The Morgan fingerprint density at radius 1 is 0.970 bits per heavy atom. The van der Waals surface area contributed by atoms with Crippen LogP contribution in [-0.2, 0) is 30.3 Å². The van der Waals surface area contributed by atoms with Crippen molar-refractivity contribution < 1.29 is 28.7 Å². The minimum absolute atomic E-state index is 0.0605. The van der Waals surface area contributed by atoms with Gasteiger partial charge >= 0.3 is 11.9 Å². The number of carbonyl (C=O) groups is 4. The second kappa shape index (κ2) is 19.2. The fourth-order valence-corrected chi connectivity index (χ4v) is 2.92. The van der Waals surface area contributed by atoms with Gasteiger partial charge < -0.3 is 14.8 Å². The van der Waals surface area contributed by atoms with Crippen LogP contribution in [-0.4, -0.2) is 43.5 Å². The minimum Gasteiger partial charge on any atom is -0.465 e. The second-order valence-electron chi connectivity index (χ2n) is 6.76. The molecule has 33 heavy (non-hydrogen) atoms. The van der Waals surface area contributed by atoms with Crippen LogP contribution < -0.4 is 5.32 Å². The highest BCUT2D eigenvalue weighted by atomic mass is 31.0. The van der Waals surface area contributed by atoms with Crippen LogP contribution in [0.1, 0.15) is 77.2 Å². The first-order chi connectivity index (χ1) is 15.8. The first kappa shape index (κ1) is 32.9. The molecular formula is C25H42NO6P. The van der Waals surface area contributed by atoms with Crippen LogP contribution in [0.25, 0.3) is 0 Å². The Balaban J connectivity index is 0. The van der Waals surface area contributed by atoms with Crippen LogP contribution >= 0.6 is 9.24 Å². The minimum atomic E-state index is -1.31. The van der Waals surface area contributed by atoms with Crippen LogP contribution in [0.3, 0.4) is 0 Å². The van der Waals surface area contributed by atoms with Crippen molar-refractivity contribution in [3.05, 3.63) is 29.3 Å². The Morgan fingerprint density at radius 3 is 1.91 bits per heavy atom. The molecule has 1 aliphatic rings. The molecule has 8 heteroatoms. The predicted octanol–water partition coefficient (Wildman–Crippen LogP) is 5.07. The Bertz CT molecular complexity index is 732. The zero-order valence-electron chi connectivity index (χ0n) is 21.4. The Morgan fingerprint density at radius 2 is 1.45 bits per heavy atom. The molecule has 0 spiro atoms. The third kappa shape index (κ3) is 10.9. The number of ketones is 1. The molecule has 1 aromatic rings. The smallest absolute Gasteiger partial charge is 0.321 e. The molecule has 1 aliphatic heterocycles. The number of amides is 1. The highest BCUT2D eigenvalue weighted by Gasteiger charge is 2.39. The highest BCUT2D eigenvalue weighted by molar-refractivity contribution is 7.15. The topological polar surface area (TPSA) is 98.8 Å². The Hall–Kier alpha value is -2.27. The van der Waals surface area contributed by atoms with Crippen LogP contribution in [0.5, 0.6) is 0 Å². The maximum atomic E-state index is 12.9. The molecule has 2 unspecified atom stereocenters. The predicted molar refractivity (Wildman–Crippen MR) is 137 cm³/mol. The van der Waals surface area contributed by atoms with E-state index in [1.807, 2.05) is 20.5 Å². The van der Waals surface area contributed by atoms with E-state index < -0.39 is 23.8 Å². The normalized spacial score (nSPS) is 12.1. The van der Waals surface area contributed by atoms with E-state index in [4.69, 9.17) is 9.47 Å². The van der Waals surface area contributed by atoms with Crippen molar-refractivity contribution in [2.45, 2.75) is 67.7 Å². The molecule has 0 saturated heterocycles. The molecule has 2 atom stereocenters. The molecule has 0 radical (unpaired) electrons. The summed E-state index contributed by atoms with van der Waals surface area (Å²) in [6, 6.07) is 4.94. The van der Waals surface area contributed by atoms with Gasteiger partial charge in [0.1, 0.15) is 0 Å². The Labute approximate surface area is 201 Å². The van der Waals surface area contributed by atoms with Crippen LogP contribution in [0.4, 0.5) is 5.69 Å². The van der Waals surface area contributed by atoms with Crippen molar-refractivity contribution in [3.63, 3.8) is 0 Å². The lowest BCUT2D eigenvalue weighted by molar-refractivity contribution is -0.163. The fourth-order valence-electron chi connectivity index (χ4n) is 2.92. The zero-order chi connectivity index (χ0) is 26.0. The average molecular weight is 484 g/mol. The molecule has 1 N–H and O–H groups in total. The number of carbonyl (C=O) groups excluding carboxylic acids is 4. The third-order valence-corrected chi connectivity index (χ3v) is 4.28. The van der Waals surface area contributed by atoms with Gasteiger partial charge in [0.05, 0.1) is 13.2 Å². The van der Waals surface area contributed by atoms with E-state index in [0.29, 0.717) is 24.1 Å². The van der Waals surface area contributed by atoms with E-state index in [-0.39, 0.29) is 24.9 Å². The van der Waals surface area contributed by atoms with E-state index in [1.54, 1.807) is 32.0 Å². The van der Waals surface area contributed by atoms with Crippen molar-refractivity contribution in [3.8, 4) is 0 Å². The monoisotopic (exact) mass is 483 g/mol. The molecule has 188 valence electrons. The summed E-state index contributed by atoms with van der Waals surface area (Å²) in [5.74, 6) is -4.18. The Kier molecular flexibility index (Phi) is 19.2. The zero-order valence-corrected chi connectivity index (χ0v) is 22.6. The second-order valence-corrected chi connectivity index (χ2v) is 6.76. The summed E-state index contributed by atoms with van der Waals surface area (Å²) in [5, 5.41) is 2.75. The molecular weight excluding hydrogens is 441 g/mol. The molecule has 0 aromatic heterocycles. The molecule has 1 heterocycles. The van der Waals surface area contributed by atoms with Crippen LogP contribution in [0.2, 0.25) is 0 Å². The lowest BCUT2D eigenvalue weighted by Crippen LogP contribution is -2.37. The molecule has 0 aliphatic carbocycles. The molecule has 7 nitrogen and oxygen atoms in total. The highest BCUT2D eigenvalue weighted by Crippen LogP contribution is 2.27. The van der Waals surface area contributed by atoms with Gasteiger partial charge in [-0.3, -0.25) is 19.2 Å². The van der Waals surface area contributed by atoms with Crippen molar-refractivity contribution in [2.24, 2.45) is 11.8 Å². The summed E-state index contributed by atoms with van der Waals surface area (Å²) in [4.78, 5) is 48.7. The molecule has 1 aromatic carbocycles. The number of fused-ring (bicyclic) bond motifs is 1. The molecule has 2 rings (SSSR count). The number of ether oxygens (including phenoxy) is 2. The lowest BCUT2D eigenvalue weighted by atomic mass is 9.86. The van der Waals surface area contributed by atoms with Gasteiger partial charge in [-0.05, 0) is 44.0 Å². The van der Waals surface area contributed by atoms with Gasteiger partial charge in [0.15, 0.2) is 11.7 Å². The fraction of sp³-hybridized carbons (Fsp3) is 0.600. The van der Waals surface area contributed by atoms with Gasteiger partial charge in [-0.2, -0.15) is 0 Å². The van der Waals surface area contributed by atoms with Crippen LogP contribution in [0, 0.1) is 11.8 Å². The SMILES string of the molecule is CC.CCC.CCOC(=O)C(C(=O)OCC)C(C)C(=O)c1ccc2c(c1)CCC(=O)N2.CP. The summed E-state index contributed by atoms with van der Waals surface area (Å²) in [6.07, 6.45) is 2.14. The van der Waals surface area contributed by atoms with Crippen molar-refractivity contribution in [1.82, 2.24) is 0 Å². The number of hydrogen-bond donors (Lipinski definition) is 1. The van der Waals surface area contributed by atoms with Gasteiger partial charge in [0.25, 0.3) is 0 Å². The number of Topliss-reactive ketones (excluding diaryl/α,β-unsaturated/α-hetero) is 1. The summed E-state index contributed by atoms with van der Waals surface area (Å²) in [7, 11) is 2.42. The lowest BCUT2D eigenvalue weighted by Gasteiger charge is -2.21. The third-order valence-electron chi connectivity index (χ3n) is 4.28. The number of benzene rings is 1. The average Bonchev–Trinajstić information content (AvgIpc) is 2.82. The quantitative estimate of drug-likeness (QED) is 0.252. The van der Waals surface area contributed by atoms with E-state index in [9.17, 15) is 19.2 Å². The van der Waals surface area contributed by atoms with E-state index in [2.05, 4.69) is 28.4 Å². The number of nitrogens with one attached hydrogen (secondary N) is 1. The largest absolute Gasteiger partial charge is 0.465 e. The van der Waals surface area contributed by atoms with Crippen molar-refractivity contribution >= 4 is 38.6 Å². The number of esters is 2. The maximum Gasteiger partial charge on any atom is 0.321 e. The summed E-state index contributed by atoms with van der Waals surface area (Å²) in [5.41, 5.74) is 1.91. The van der Waals surface area contributed by atoms with E-state index in [1.165, 1.54) is 13.3 Å². The van der Waals surface area contributed by atoms with Gasteiger partial charge in [-0.1, -0.05) is 47.7 Å². The van der Waals surface area contributed by atoms with Gasteiger partial charge in [0, 0.05) is 23.6 Å². The molecule has 0 fully saturated rings. The van der Waals surface area contributed by atoms with Gasteiger partial charge in [-0.15, -0.1) is 9.24 Å². The van der Waals surface area contributed by atoms with Crippen molar-refractivity contribution in [2.75, 3.05) is 25.2 Å². The van der Waals surface area contributed by atoms with E-state index in [0.717, 1.165) is 5.56 Å². The first-order valence-corrected chi connectivity index (χ1v) is 12.8. The van der Waals surface area contributed by atoms with Crippen molar-refractivity contribution in [1.29, 1.82) is 0 Å². The molecule has 0 saturated carbocycles. The number of anilines is 1. The molecule has 0 bridgehead atoms. The maximum absolute atomic E-state index is 12.9. The number of rotatable bonds is 7. The standard InChI is InChI=1S/C19H23NO6.C3H8.C2H6.CH5P/c1-4-25-18(23)16(19(24)26-5-2)11(3)17(22)13-6-8-14-12(10-13)7-9-15(21)20-14;1-3-2;2*1-2/h6,8,10-11,16H,4-5,7,9H2,1-3H3,(H,20,21);3H2,1-2H3;1-2H3;2H2,1H3.